The van der Waals surface area contributed by atoms with Crippen LogP contribution in [0.1, 0.15) is 5.56 Å². The van der Waals surface area contributed by atoms with Crippen LogP contribution in [-0.2, 0) is 20.7 Å². The van der Waals surface area contributed by atoms with Crippen LogP contribution < -0.4 is 14.8 Å². The molecule has 2 N–H and O–H groups in total. The minimum Gasteiger partial charge on any atom is -0.442 e. The third-order valence-electron chi connectivity index (χ3n) is 4.28. The van der Waals surface area contributed by atoms with Gasteiger partial charge in [0.1, 0.15) is 6.10 Å². The molecule has 36 heavy (non-hydrogen) atoms. The number of benzene rings is 2. The number of carbonyl (C=O) groups excluding carboxylic acids is 3. The van der Waals surface area contributed by atoms with Gasteiger partial charge in [-0.05, 0) is 46.7 Å². The molecule has 1 aliphatic heterocycles. The van der Waals surface area contributed by atoms with Gasteiger partial charge in [-0.25, -0.2) is 14.4 Å². The molecule has 2 aromatic carbocycles. The van der Waals surface area contributed by atoms with Crippen molar-refractivity contribution in [1.82, 2.24) is 5.32 Å². The maximum Gasteiger partial charge on any atom is 0.491 e. The predicted molar refractivity (Wildman–Crippen MR) is 117 cm³/mol. The van der Waals surface area contributed by atoms with Gasteiger partial charge >= 0.3 is 30.4 Å². The maximum absolute atomic E-state index is 12.1. The summed E-state index contributed by atoms with van der Waals surface area (Å²) in [7, 11) is 0. The number of aliphatic hydroxyl groups excluding tert-OH is 1. The molecular formula is C21H16F6INO7. The number of rotatable bonds is 5. The number of halogens is 7. The lowest BCUT2D eigenvalue weighted by Crippen LogP contribution is -2.35. The van der Waals surface area contributed by atoms with Crippen LogP contribution >= 0.6 is 22.6 Å². The Labute approximate surface area is 212 Å². The van der Waals surface area contributed by atoms with E-state index >= 15 is 0 Å². The highest BCUT2D eigenvalue weighted by Crippen LogP contribution is 2.35. The van der Waals surface area contributed by atoms with Gasteiger partial charge in [0.2, 0.25) is 0 Å². The van der Waals surface area contributed by atoms with Crippen molar-refractivity contribution in [2.24, 2.45) is 0 Å². The number of esters is 2. The van der Waals surface area contributed by atoms with Crippen molar-refractivity contribution in [3.05, 3.63) is 57.7 Å². The van der Waals surface area contributed by atoms with E-state index in [1.165, 1.54) is 22.6 Å². The van der Waals surface area contributed by atoms with Gasteiger partial charge in [-0.15, -0.1) is 0 Å². The first kappa shape index (κ1) is 29.2. The van der Waals surface area contributed by atoms with E-state index in [0.717, 1.165) is 23.8 Å². The summed E-state index contributed by atoms with van der Waals surface area (Å²) in [5.41, 5.74) is 1.12. The Morgan fingerprint density at radius 1 is 0.944 bits per heavy atom. The van der Waals surface area contributed by atoms with Crippen LogP contribution in [0.2, 0.25) is 0 Å². The molecule has 196 valence electrons. The van der Waals surface area contributed by atoms with Crippen molar-refractivity contribution in [3.63, 3.8) is 0 Å². The van der Waals surface area contributed by atoms with Crippen LogP contribution in [0.4, 0.5) is 31.1 Å². The third-order valence-corrected chi connectivity index (χ3v) is 5.13. The van der Waals surface area contributed by atoms with Crippen molar-refractivity contribution >= 4 is 40.6 Å². The summed E-state index contributed by atoms with van der Waals surface area (Å²) in [6.45, 7) is -0.143. The number of aliphatic hydroxyl groups is 1. The van der Waals surface area contributed by atoms with E-state index < -0.39 is 48.0 Å². The molecule has 0 radical (unpaired) electrons. The fourth-order valence-electron chi connectivity index (χ4n) is 2.69. The molecule has 15 heteroatoms. The highest BCUT2D eigenvalue weighted by atomic mass is 127. The molecule has 3 rings (SSSR count). The van der Waals surface area contributed by atoms with Crippen molar-refractivity contribution < 1.29 is 60.0 Å². The Morgan fingerprint density at radius 3 is 2.08 bits per heavy atom. The molecule has 1 amide bonds. The molecule has 1 fully saturated rings. The SMILES string of the molecule is O=C(Oc1cccc(I)c1OC(=O)C(F)(F)F)C(F)(F)F.O=C1N[C@@H](Cc2ccccc2)[C@@H](CO)O1. The summed E-state index contributed by atoms with van der Waals surface area (Å²) in [5, 5.41) is 11.7. The first-order chi connectivity index (χ1) is 16.7. The van der Waals surface area contributed by atoms with Crippen LogP contribution in [0.15, 0.2) is 48.5 Å². The second kappa shape index (κ2) is 12.2. The zero-order valence-corrected chi connectivity index (χ0v) is 19.9. The summed E-state index contributed by atoms with van der Waals surface area (Å²) >= 11 is 1.40. The van der Waals surface area contributed by atoms with Gasteiger partial charge in [-0.2, -0.15) is 26.3 Å². The molecule has 0 aromatic heterocycles. The van der Waals surface area contributed by atoms with E-state index in [0.29, 0.717) is 6.42 Å². The van der Waals surface area contributed by atoms with Gasteiger partial charge in [-0.1, -0.05) is 36.4 Å². The Balaban J connectivity index is 0.000000267. The van der Waals surface area contributed by atoms with Gasteiger partial charge in [0.15, 0.2) is 11.5 Å². The molecule has 1 saturated heterocycles. The van der Waals surface area contributed by atoms with E-state index in [1.54, 1.807) is 0 Å². The number of alkyl halides is 6. The second-order valence-corrected chi connectivity index (χ2v) is 8.07. The zero-order chi connectivity index (χ0) is 27.1. The smallest absolute Gasteiger partial charge is 0.442 e. The summed E-state index contributed by atoms with van der Waals surface area (Å²) in [6.07, 6.45) is -10.9. The monoisotopic (exact) mass is 635 g/mol. The first-order valence-corrected chi connectivity index (χ1v) is 10.8. The number of para-hydroxylation sites is 1. The minimum atomic E-state index is -5.36. The van der Waals surface area contributed by atoms with E-state index in [2.05, 4.69) is 14.8 Å². The first-order valence-electron chi connectivity index (χ1n) is 9.70. The summed E-state index contributed by atoms with van der Waals surface area (Å²) < 4.78 is 85.0. The number of carbonyl (C=O) groups is 3. The van der Waals surface area contributed by atoms with Crippen molar-refractivity contribution in [2.45, 2.75) is 30.9 Å². The highest BCUT2D eigenvalue weighted by Gasteiger charge is 2.44. The molecule has 1 heterocycles. The van der Waals surface area contributed by atoms with Crippen molar-refractivity contribution in [2.75, 3.05) is 6.61 Å². The third kappa shape index (κ3) is 8.54. The lowest BCUT2D eigenvalue weighted by atomic mass is 10.0. The van der Waals surface area contributed by atoms with Crippen LogP contribution in [0.5, 0.6) is 11.5 Å². The molecule has 0 unspecified atom stereocenters. The quantitative estimate of drug-likeness (QED) is 0.222. The van der Waals surface area contributed by atoms with E-state index in [9.17, 15) is 40.7 Å². The summed E-state index contributed by atoms with van der Waals surface area (Å²) in [5.74, 6) is -7.20. The topological polar surface area (TPSA) is 111 Å². The fourth-order valence-corrected chi connectivity index (χ4v) is 3.27. The van der Waals surface area contributed by atoms with Crippen molar-refractivity contribution in [3.8, 4) is 11.5 Å². The average molecular weight is 635 g/mol. The van der Waals surface area contributed by atoms with E-state index in [1.807, 2.05) is 30.3 Å². The van der Waals surface area contributed by atoms with Crippen LogP contribution in [-0.4, -0.2) is 54.2 Å². The Kier molecular flexibility index (Phi) is 9.92. The van der Waals surface area contributed by atoms with E-state index in [4.69, 9.17) is 9.84 Å². The maximum atomic E-state index is 12.1. The molecule has 0 saturated carbocycles. The lowest BCUT2D eigenvalue weighted by Gasteiger charge is -2.14. The van der Waals surface area contributed by atoms with Gasteiger partial charge in [0.25, 0.3) is 0 Å². The highest BCUT2D eigenvalue weighted by molar-refractivity contribution is 14.1. The molecule has 0 bridgehead atoms. The van der Waals surface area contributed by atoms with Gasteiger partial charge in [0, 0.05) is 0 Å². The molecule has 2 aromatic rings. The number of nitrogens with one attached hydrogen (secondary N) is 1. The molecule has 2 atom stereocenters. The number of amides is 1. The number of cyclic esters (lactones) is 1. The number of hydrogen-bond acceptors (Lipinski definition) is 7. The molecule has 1 aliphatic rings. The lowest BCUT2D eigenvalue weighted by molar-refractivity contribution is -0.191. The summed E-state index contributed by atoms with van der Waals surface area (Å²) in [6, 6.07) is 12.7. The number of ether oxygens (including phenoxy) is 3. The minimum absolute atomic E-state index is 0.134. The van der Waals surface area contributed by atoms with Gasteiger partial charge in [0.05, 0.1) is 16.2 Å². The second-order valence-electron chi connectivity index (χ2n) is 6.91. The molecule has 0 spiro atoms. The molecule has 0 aliphatic carbocycles. The van der Waals surface area contributed by atoms with Crippen LogP contribution in [0.25, 0.3) is 0 Å². The normalized spacial score (nSPS) is 17.3. The molecular weight excluding hydrogens is 619 g/mol. The van der Waals surface area contributed by atoms with Crippen LogP contribution in [0.3, 0.4) is 0 Å². The Bertz CT molecular complexity index is 1080. The number of alkyl carbamates (subject to hydrolysis) is 1. The van der Waals surface area contributed by atoms with Gasteiger partial charge < -0.3 is 24.6 Å². The largest absolute Gasteiger partial charge is 0.491 e. The van der Waals surface area contributed by atoms with Gasteiger partial charge in [-0.3, -0.25) is 0 Å². The zero-order valence-electron chi connectivity index (χ0n) is 17.7. The fraction of sp³-hybridized carbons (Fsp3) is 0.286. The van der Waals surface area contributed by atoms with E-state index in [-0.39, 0.29) is 16.2 Å². The molecule has 8 nitrogen and oxygen atoms in total. The number of hydrogen-bond donors (Lipinski definition) is 2. The average Bonchev–Trinajstić information content (AvgIpc) is 3.14. The van der Waals surface area contributed by atoms with Crippen molar-refractivity contribution in [1.29, 1.82) is 0 Å². The predicted octanol–water partition coefficient (Wildman–Crippen LogP) is 3.93. The standard InChI is InChI=1S/C11H13NO3.C10H3F6IO4/c13-7-10-9(12-11(14)15-10)6-8-4-2-1-3-5-8;11-9(12,13)7(18)20-5-3-1-2-4(17)6(5)21-8(19)10(14,15)16/h1-5,9-10,13H,6-7H2,(H,12,14);1-3H/t9-,10+;/m0./s1. The Morgan fingerprint density at radius 2 is 1.53 bits per heavy atom. The Hall–Kier alpha value is -3.08. The summed E-state index contributed by atoms with van der Waals surface area (Å²) in [4.78, 5) is 32.3. The van der Waals surface area contributed by atoms with Crippen LogP contribution in [0, 0.1) is 3.57 Å².